The number of nitriles is 2. The van der Waals surface area contributed by atoms with Gasteiger partial charge in [-0.2, -0.15) is 10.5 Å². The summed E-state index contributed by atoms with van der Waals surface area (Å²) in [5.41, 5.74) is 2.11. The summed E-state index contributed by atoms with van der Waals surface area (Å²) in [6, 6.07) is 7.74. The first-order valence-electron chi connectivity index (χ1n) is 7.80. The molecule has 0 radical (unpaired) electrons. The third-order valence-electron chi connectivity index (χ3n) is 3.58. The molecule has 0 fully saturated rings. The summed E-state index contributed by atoms with van der Waals surface area (Å²) in [6.45, 7) is 9.17. The average molecular weight is 339 g/mol. The van der Waals surface area contributed by atoms with Gasteiger partial charge in [-0.1, -0.05) is 39.5 Å². The molecule has 1 aromatic rings. The van der Waals surface area contributed by atoms with E-state index in [2.05, 4.69) is 43.0 Å². The van der Waals surface area contributed by atoms with Crippen molar-refractivity contribution in [2.75, 3.05) is 12.3 Å². The van der Waals surface area contributed by atoms with Gasteiger partial charge in [0.25, 0.3) is 0 Å². The lowest BCUT2D eigenvalue weighted by molar-refractivity contribution is 0.569. The van der Waals surface area contributed by atoms with Gasteiger partial charge in [-0.3, -0.25) is 9.98 Å². The van der Waals surface area contributed by atoms with Gasteiger partial charge < -0.3 is 5.32 Å². The van der Waals surface area contributed by atoms with Crippen LogP contribution in [-0.4, -0.2) is 22.4 Å². The van der Waals surface area contributed by atoms with Gasteiger partial charge >= 0.3 is 0 Å². The average Bonchev–Trinajstić information content (AvgIpc) is 2.56. The molecule has 0 amide bonds. The van der Waals surface area contributed by atoms with Crippen LogP contribution >= 0.6 is 11.8 Å². The van der Waals surface area contributed by atoms with Crippen LogP contribution in [-0.2, 0) is 5.41 Å². The van der Waals surface area contributed by atoms with Gasteiger partial charge in [-0.25, -0.2) is 0 Å². The fourth-order valence-corrected chi connectivity index (χ4v) is 3.03. The number of rotatable bonds is 2. The lowest BCUT2D eigenvalue weighted by atomic mass is 9.91. The van der Waals surface area contributed by atoms with Crippen LogP contribution in [0.3, 0.4) is 0 Å². The van der Waals surface area contributed by atoms with Crippen LogP contribution in [0.25, 0.3) is 5.70 Å². The van der Waals surface area contributed by atoms with Crippen molar-refractivity contribution in [3.63, 3.8) is 0 Å². The highest BCUT2D eigenvalue weighted by Crippen LogP contribution is 2.24. The minimum atomic E-state index is -0.0530. The number of hydrogen-bond donors (Lipinski definition) is 1. The van der Waals surface area contributed by atoms with Crippen LogP contribution < -0.4 is 5.32 Å². The highest BCUT2D eigenvalue weighted by molar-refractivity contribution is 8.13. The number of pyridine rings is 1. The second kappa shape index (κ2) is 7.51. The summed E-state index contributed by atoms with van der Waals surface area (Å²) < 4.78 is 0. The van der Waals surface area contributed by atoms with E-state index in [9.17, 15) is 10.5 Å². The Balaban J connectivity index is 2.37. The number of hydrogen-bond acceptors (Lipinski definition) is 6. The number of nitrogens with one attached hydrogen (secondary N) is 1. The Morgan fingerprint density at radius 2 is 2.00 bits per heavy atom. The predicted molar refractivity (Wildman–Crippen MR) is 98.1 cm³/mol. The zero-order valence-corrected chi connectivity index (χ0v) is 15.2. The molecule has 1 unspecified atom stereocenters. The van der Waals surface area contributed by atoms with Gasteiger partial charge in [0.05, 0.1) is 5.70 Å². The maximum atomic E-state index is 9.28. The van der Waals surface area contributed by atoms with E-state index < -0.39 is 0 Å². The van der Waals surface area contributed by atoms with Gasteiger partial charge in [0, 0.05) is 35.2 Å². The Morgan fingerprint density at radius 1 is 1.29 bits per heavy atom. The minimum Gasteiger partial charge on any atom is -0.333 e. The summed E-state index contributed by atoms with van der Waals surface area (Å²) >= 11 is 1.61. The third kappa shape index (κ3) is 4.37. The summed E-state index contributed by atoms with van der Waals surface area (Å²) in [5, 5.41) is 22.5. The number of nitrogens with zero attached hydrogens (tertiary/aromatic N) is 4. The van der Waals surface area contributed by atoms with Crippen LogP contribution in [0, 0.1) is 28.6 Å². The van der Waals surface area contributed by atoms with E-state index in [1.165, 1.54) is 0 Å². The number of aromatic nitrogens is 1. The monoisotopic (exact) mass is 339 g/mol. The van der Waals surface area contributed by atoms with Gasteiger partial charge in [0.1, 0.15) is 12.1 Å². The van der Waals surface area contributed by atoms with Crippen molar-refractivity contribution >= 4 is 22.6 Å². The van der Waals surface area contributed by atoms with Gasteiger partial charge in [-0.05, 0) is 18.1 Å². The van der Waals surface area contributed by atoms with E-state index in [0.717, 1.165) is 23.2 Å². The van der Waals surface area contributed by atoms with E-state index >= 15 is 0 Å². The first-order valence-corrected chi connectivity index (χ1v) is 8.79. The molecule has 2 rings (SSSR count). The van der Waals surface area contributed by atoms with E-state index in [-0.39, 0.29) is 11.0 Å². The molecule has 1 N–H and O–H groups in total. The SMILES string of the molecule is CC1CN=C(NC(=C(C#N)C#N)c2ccc(C(C)(C)C)nc2)SC1. The molecule has 5 nitrogen and oxygen atoms in total. The molecule has 6 heteroatoms. The molecular weight excluding hydrogens is 318 g/mol. The topological polar surface area (TPSA) is 84.9 Å². The van der Waals surface area contributed by atoms with Crippen LogP contribution in [0.4, 0.5) is 0 Å². The predicted octanol–water partition coefficient (Wildman–Crippen LogP) is 3.47. The molecule has 1 atom stereocenters. The number of thioether (sulfide) groups is 1. The molecule has 1 aromatic heterocycles. The van der Waals surface area contributed by atoms with Crippen LogP contribution in [0.15, 0.2) is 28.9 Å². The standard InChI is InChI=1S/C18H21N5S/c1-12-9-22-17(24-11-12)23-16(14(7-19)8-20)13-5-6-15(21-10-13)18(2,3)4/h5-6,10,12H,9,11H2,1-4H3,(H,22,23). The maximum Gasteiger partial charge on any atom is 0.161 e. The quantitative estimate of drug-likeness (QED) is 0.834. The third-order valence-corrected chi connectivity index (χ3v) is 4.82. The number of aliphatic imine (C=N–C) groups is 1. The van der Waals surface area contributed by atoms with Crippen molar-refractivity contribution in [3.05, 3.63) is 35.2 Å². The van der Waals surface area contributed by atoms with Gasteiger partial charge in [0.2, 0.25) is 0 Å². The summed E-state index contributed by atoms with van der Waals surface area (Å²) in [5.74, 6) is 1.50. The zero-order chi connectivity index (χ0) is 17.7. The normalized spacial score (nSPS) is 17.2. The Kier molecular flexibility index (Phi) is 5.64. The molecule has 2 heterocycles. The Labute approximate surface area is 147 Å². The summed E-state index contributed by atoms with van der Waals surface area (Å²) in [6.07, 6.45) is 1.70. The molecule has 0 aliphatic carbocycles. The Morgan fingerprint density at radius 3 is 2.46 bits per heavy atom. The summed E-state index contributed by atoms with van der Waals surface area (Å²) in [4.78, 5) is 8.97. The van der Waals surface area contributed by atoms with Crippen molar-refractivity contribution in [2.24, 2.45) is 10.9 Å². The molecular formula is C18H21N5S. The Hall–Kier alpha value is -2.31. The molecule has 124 valence electrons. The molecule has 0 saturated heterocycles. The van der Waals surface area contributed by atoms with Crippen LogP contribution in [0.5, 0.6) is 0 Å². The highest BCUT2D eigenvalue weighted by atomic mass is 32.2. The first kappa shape index (κ1) is 18.0. The fourth-order valence-electron chi connectivity index (χ4n) is 2.14. The zero-order valence-electron chi connectivity index (χ0n) is 14.4. The molecule has 1 aliphatic heterocycles. The highest BCUT2D eigenvalue weighted by Gasteiger charge is 2.19. The maximum absolute atomic E-state index is 9.28. The van der Waals surface area contributed by atoms with Gasteiger partial charge in [-0.15, -0.1) is 0 Å². The van der Waals surface area contributed by atoms with Crippen LogP contribution in [0.1, 0.15) is 39.0 Å². The smallest absolute Gasteiger partial charge is 0.161 e. The van der Waals surface area contributed by atoms with Crippen molar-refractivity contribution in [1.82, 2.24) is 10.3 Å². The molecule has 0 saturated carbocycles. The first-order chi connectivity index (χ1) is 11.3. The fraction of sp³-hybridized carbons (Fsp3) is 0.444. The largest absolute Gasteiger partial charge is 0.333 e. The van der Waals surface area contributed by atoms with Crippen molar-refractivity contribution in [2.45, 2.75) is 33.1 Å². The second-order valence-electron chi connectivity index (χ2n) is 6.84. The van der Waals surface area contributed by atoms with Crippen molar-refractivity contribution < 1.29 is 0 Å². The molecule has 1 aliphatic rings. The number of allylic oxidation sites excluding steroid dienone is 1. The minimum absolute atomic E-state index is 0.0298. The van der Waals surface area contributed by atoms with Crippen molar-refractivity contribution in [1.29, 1.82) is 10.5 Å². The molecule has 0 spiro atoms. The summed E-state index contributed by atoms with van der Waals surface area (Å²) in [7, 11) is 0. The van der Waals surface area contributed by atoms with E-state index in [1.807, 2.05) is 24.3 Å². The lowest BCUT2D eigenvalue weighted by Gasteiger charge is -2.20. The Bertz CT molecular complexity index is 726. The number of amidine groups is 1. The van der Waals surface area contributed by atoms with E-state index in [1.54, 1.807) is 18.0 Å². The second-order valence-corrected chi connectivity index (χ2v) is 7.85. The van der Waals surface area contributed by atoms with Crippen LogP contribution in [0.2, 0.25) is 0 Å². The molecule has 24 heavy (non-hydrogen) atoms. The molecule has 0 bridgehead atoms. The van der Waals surface area contributed by atoms with Crippen molar-refractivity contribution in [3.8, 4) is 12.1 Å². The molecule has 0 aromatic carbocycles. The van der Waals surface area contributed by atoms with Gasteiger partial charge in [0.15, 0.2) is 10.7 Å². The van der Waals surface area contributed by atoms with E-state index in [4.69, 9.17) is 0 Å². The lowest BCUT2D eigenvalue weighted by Crippen LogP contribution is -2.26. The van der Waals surface area contributed by atoms with E-state index in [0.29, 0.717) is 17.2 Å².